The molecule has 0 aromatic rings. The molecule has 0 radical (unpaired) electrons. The number of ketones is 3. The molecule has 0 aliphatic carbocycles. The normalized spacial score (nSPS) is 27.7. The van der Waals surface area contributed by atoms with Gasteiger partial charge in [-0.25, -0.2) is 0 Å². The highest BCUT2D eigenvalue weighted by Gasteiger charge is 2.46. The molecular formula is C74H132N10O13. The Labute approximate surface area is 584 Å². The maximum absolute atomic E-state index is 15.4. The van der Waals surface area contributed by atoms with Crippen LogP contribution in [0, 0.1) is 59.2 Å². The van der Waals surface area contributed by atoms with E-state index in [-0.39, 0.29) is 80.0 Å². The fraction of sp³-hybridized carbons (Fsp3) is 0.824. The summed E-state index contributed by atoms with van der Waals surface area (Å²) >= 11 is 0. The highest BCUT2D eigenvalue weighted by Crippen LogP contribution is 2.30. The number of methoxy groups -OCH3 is 1. The van der Waals surface area contributed by atoms with Gasteiger partial charge in [0, 0.05) is 126 Å². The summed E-state index contributed by atoms with van der Waals surface area (Å²) in [6.07, 6.45) is 3.55. The average Bonchev–Trinajstić information content (AvgIpc) is 0.808. The van der Waals surface area contributed by atoms with E-state index in [0.29, 0.717) is 25.9 Å². The molecule has 0 aromatic heterocycles. The van der Waals surface area contributed by atoms with Crippen LogP contribution in [-0.4, -0.2) is 271 Å². The van der Waals surface area contributed by atoms with E-state index in [9.17, 15) is 24.3 Å². The first kappa shape index (κ1) is 87.4. The molecular weight excluding hydrogens is 1240 g/mol. The molecule has 8 amide bonds. The van der Waals surface area contributed by atoms with Gasteiger partial charge in [-0.3, -0.25) is 57.6 Å². The van der Waals surface area contributed by atoms with E-state index in [1.165, 1.54) is 71.7 Å². The minimum absolute atomic E-state index is 0.0246. The molecule has 0 spiro atoms. The van der Waals surface area contributed by atoms with E-state index in [0.717, 1.165) is 44.2 Å². The Bertz CT molecular complexity index is 2620. The molecule has 2 aliphatic heterocycles. The van der Waals surface area contributed by atoms with Crippen LogP contribution in [0.3, 0.4) is 0 Å². The second-order valence-corrected chi connectivity index (χ2v) is 30.5. The van der Waals surface area contributed by atoms with Crippen molar-refractivity contribution in [1.29, 1.82) is 0 Å². The van der Waals surface area contributed by atoms with Gasteiger partial charge in [0.1, 0.15) is 42.0 Å². The van der Waals surface area contributed by atoms with Gasteiger partial charge in [0.05, 0.1) is 24.8 Å². The van der Waals surface area contributed by atoms with Gasteiger partial charge in [0.25, 0.3) is 0 Å². The van der Waals surface area contributed by atoms with E-state index in [1.54, 1.807) is 68.7 Å². The highest BCUT2D eigenvalue weighted by atomic mass is 16.5. The summed E-state index contributed by atoms with van der Waals surface area (Å²) in [7, 11) is 12.1. The summed E-state index contributed by atoms with van der Waals surface area (Å²) < 4.78 is 5.30. The van der Waals surface area contributed by atoms with E-state index in [2.05, 4.69) is 15.1 Å². The van der Waals surface area contributed by atoms with Gasteiger partial charge in [-0.05, 0) is 107 Å². The van der Waals surface area contributed by atoms with Crippen molar-refractivity contribution in [3.05, 3.63) is 12.2 Å². The summed E-state index contributed by atoms with van der Waals surface area (Å²) in [6.45, 7) is 36.3. The number of piperazine rings is 1. The van der Waals surface area contributed by atoms with Gasteiger partial charge in [-0.15, -0.1) is 0 Å². The number of hydrogen-bond donors (Lipinski definition) is 2. The topological polar surface area (TPSA) is 258 Å². The molecule has 0 saturated carbocycles. The molecule has 2 N–H and O–H groups in total. The predicted octanol–water partition coefficient (Wildman–Crippen LogP) is 6.56. The van der Waals surface area contributed by atoms with E-state index >= 15 is 33.6 Å². The number of amides is 8. The Morgan fingerprint density at radius 2 is 0.969 bits per heavy atom. The molecule has 0 aromatic carbocycles. The molecule has 2 rings (SSSR count). The Morgan fingerprint density at radius 1 is 0.505 bits per heavy atom. The van der Waals surface area contributed by atoms with Crippen LogP contribution in [0.25, 0.3) is 0 Å². The third-order valence-corrected chi connectivity index (χ3v) is 20.5. The highest BCUT2D eigenvalue weighted by molar-refractivity contribution is 6.00. The van der Waals surface area contributed by atoms with Gasteiger partial charge < -0.3 is 54.4 Å². The predicted molar refractivity (Wildman–Crippen MR) is 380 cm³/mol. The number of Topliss-reactive ketones (excluding diaryl/α,β-unsaturated/α-hetero) is 3. The Hall–Kier alpha value is -5.65. The number of nitrogens with zero attached hydrogens (tertiary/aromatic N) is 9. The Balaban J connectivity index is 3.01. The lowest BCUT2D eigenvalue weighted by atomic mass is 9.82. The lowest BCUT2D eigenvalue weighted by molar-refractivity contribution is -0.157. The standard InChI is InChI=1S/C74H132N10O13/c1-26-28-30-51(14)66(88)65-67(89)75-56(27-2)71(93)76(18)54(17)69(91)81(23)64(50(13)31-29-32-83-33-35-84(36-34-83)37-38-97-25)62(87)44-55(48(9)10)70(92)77(19)57(39-45(3)4)61(86)42-52(15)60(85)43-53(16)68(90)78(20)58(40-46(5)6)72(94)79(21)59(41-47(7)8)73(95)80(22)63(49(11)12)74(96)82(65)24/h26,28,45-59,63-66,88H,27,29-44H2,1-25H3,(H,75,89)/b28-26+/t50-,51-,52-,53+,54-,55+,56+,57+,58+,59+,63+,64+,65+,66-/m1/s1. The van der Waals surface area contributed by atoms with Crippen molar-refractivity contribution < 1.29 is 62.6 Å². The summed E-state index contributed by atoms with van der Waals surface area (Å²) in [5, 5.41) is 15.1. The van der Waals surface area contributed by atoms with Crippen LogP contribution >= 0.6 is 0 Å². The first-order valence-electron chi connectivity index (χ1n) is 36.1. The number of nitrogens with one attached hydrogen (secondary N) is 1. The fourth-order valence-corrected chi connectivity index (χ4v) is 13.9. The number of aliphatic hydroxyl groups is 1. The third-order valence-electron chi connectivity index (χ3n) is 20.5. The van der Waals surface area contributed by atoms with Crippen molar-refractivity contribution in [1.82, 2.24) is 49.4 Å². The smallest absolute Gasteiger partial charge is 0.246 e. The fourth-order valence-electron chi connectivity index (χ4n) is 13.9. The zero-order valence-corrected chi connectivity index (χ0v) is 64.5. The molecule has 556 valence electrons. The summed E-state index contributed by atoms with van der Waals surface area (Å²) in [6, 6.07) is -9.61. The number of carbonyl (C=O) groups is 11. The van der Waals surface area contributed by atoms with Crippen LogP contribution in [0.2, 0.25) is 0 Å². The molecule has 14 atom stereocenters. The zero-order chi connectivity index (χ0) is 74.4. The first-order valence-corrected chi connectivity index (χ1v) is 36.1. The molecule has 97 heavy (non-hydrogen) atoms. The van der Waals surface area contributed by atoms with Crippen LogP contribution < -0.4 is 5.32 Å². The van der Waals surface area contributed by atoms with Crippen molar-refractivity contribution >= 4 is 64.6 Å². The van der Waals surface area contributed by atoms with E-state index in [1.807, 2.05) is 75.3 Å². The van der Waals surface area contributed by atoms with E-state index < -0.39 is 143 Å². The van der Waals surface area contributed by atoms with Crippen molar-refractivity contribution in [3.63, 3.8) is 0 Å². The number of carbonyl (C=O) groups excluding carboxylic acids is 11. The maximum Gasteiger partial charge on any atom is 0.246 e. The minimum atomic E-state index is -1.61. The second-order valence-electron chi connectivity index (χ2n) is 30.5. The summed E-state index contributed by atoms with van der Waals surface area (Å²) in [4.78, 5) is 179. The Morgan fingerprint density at radius 3 is 1.45 bits per heavy atom. The molecule has 23 nitrogen and oxygen atoms in total. The molecule has 0 bridgehead atoms. The lowest BCUT2D eigenvalue weighted by Gasteiger charge is -2.41. The maximum atomic E-state index is 15.4. The number of ether oxygens (including phenoxy) is 1. The van der Waals surface area contributed by atoms with Crippen molar-refractivity contribution in [2.75, 3.05) is 102 Å². The molecule has 0 unspecified atom stereocenters. The molecule has 2 saturated heterocycles. The van der Waals surface area contributed by atoms with Crippen molar-refractivity contribution in [3.8, 4) is 0 Å². The number of aliphatic hydroxyl groups excluding tert-OH is 1. The molecule has 2 aliphatic rings. The minimum Gasteiger partial charge on any atom is -0.390 e. The van der Waals surface area contributed by atoms with Crippen LogP contribution in [-0.2, 0) is 57.5 Å². The summed E-state index contributed by atoms with van der Waals surface area (Å²) in [5.74, 6) is -11.1. The average molecular weight is 1370 g/mol. The molecule has 23 heteroatoms. The number of hydrogen-bond acceptors (Lipinski definition) is 15. The number of likely N-dealkylation sites (N-methyl/N-ethyl adjacent to an activating group) is 7. The molecule has 2 fully saturated rings. The third kappa shape index (κ3) is 24.9. The summed E-state index contributed by atoms with van der Waals surface area (Å²) in [5.41, 5.74) is 0. The molecule has 2 heterocycles. The van der Waals surface area contributed by atoms with E-state index in [4.69, 9.17) is 4.74 Å². The number of rotatable bonds is 21. The van der Waals surface area contributed by atoms with Crippen molar-refractivity contribution in [2.45, 2.75) is 236 Å². The van der Waals surface area contributed by atoms with Gasteiger partial charge in [-0.1, -0.05) is 116 Å². The van der Waals surface area contributed by atoms with Crippen LogP contribution in [0.1, 0.15) is 182 Å². The monoisotopic (exact) mass is 1370 g/mol. The van der Waals surface area contributed by atoms with Crippen LogP contribution in [0.15, 0.2) is 12.2 Å². The second kappa shape index (κ2) is 41.2. The van der Waals surface area contributed by atoms with Gasteiger partial charge in [0.2, 0.25) is 47.3 Å². The van der Waals surface area contributed by atoms with Gasteiger partial charge in [-0.2, -0.15) is 0 Å². The van der Waals surface area contributed by atoms with Gasteiger partial charge in [0.15, 0.2) is 11.6 Å². The Kier molecular flexibility index (Phi) is 37.1. The largest absolute Gasteiger partial charge is 0.390 e. The first-order chi connectivity index (χ1) is 45.1. The van der Waals surface area contributed by atoms with Crippen molar-refractivity contribution in [2.24, 2.45) is 59.2 Å². The van der Waals surface area contributed by atoms with Gasteiger partial charge >= 0.3 is 0 Å². The van der Waals surface area contributed by atoms with Crippen LogP contribution in [0.4, 0.5) is 0 Å². The number of allylic oxidation sites excluding steroid dienone is 2. The lowest BCUT2D eigenvalue weighted by Crippen LogP contribution is -2.63. The quantitative estimate of drug-likeness (QED) is 0.115. The van der Waals surface area contributed by atoms with Crippen LogP contribution in [0.5, 0.6) is 0 Å². The zero-order valence-electron chi connectivity index (χ0n) is 64.5. The SMILES string of the molecule is C/C=C/C[C@@H](C)[C@@H](O)[C@H]1C(=O)N[C@@H](CC)C(=O)N(C)[C@H](C)C(=O)N(C)[C@@H]([C@H](C)CCCN2CCN(CCOC)CC2)C(=O)C[C@@H](C(C)C)C(=O)N(C)[C@@H](CC(C)C)C(=O)C[C@@H](C)C(=O)C[C@H](C)C(=O)N(C)[C@@H](CC(C)C)C(=O)N(C)[C@@H](CC(C)C)C(=O)N(C)[C@@H](C(C)C)C(=O)N1C.